The summed E-state index contributed by atoms with van der Waals surface area (Å²) in [7, 11) is 1.69. The van der Waals surface area contributed by atoms with Crippen LogP contribution in [0.4, 0.5) is 17.1 Å². The topological polar surface area (TPSA) is 129 Å². The number of piperidine rings is 3. The molecule has 0 aliphatic carbocycles. The molecule has 0 saturated carbocycles. The van der Waals surface area contributed by atoms with Crippen LogP contribution in [0, 0.1) is 17.3 Å². The second kappa shape index (κ2) is 16.4. The van der Waals surface area contributed by atoms with Gasteiger partial charge in [0.05, 0.1) is 24.3 Å². The zero-order valence-corrected chi connectivity index (χ0v) is 35.3. The van der Waals surface area contributed by atoms with Gasteiger partial charge in [-0.25, -0.2) is 0 Å². The minimum absolute atomic E-state index is 0.0153. The minimum Gasteiger partial charge on any atom is -0.506 e. The number of ether oxygens (including phenoxy) is 1. The van der Waals surface area contributed by atoms with E-state index in [0.717, 1.165) is 119 Å². The predicted molar refractivity (Wildman–Crippen MR) is 230 cm³/mol. The first-order chi connectivity index (χ1) is 29.0. The number of para-hydroxylation sites is 2. The largest absolute Gasteiger partial charge is 0.506 e. The summed E-state index contributed by atoms with van der Waals surface area (Å²) in [5.74, 6) is 1.46. The van der Waals surface area contributed by atoms with Crippen molar-refractivity contribution in [3.8, 4) is 11.5 Å². The van der Waals surface area contributed by atoms with E-state index in [1.165, 1.54) is 0 Å². The van der Waals surface area contributed by atoms with Crippen molar-refractivity contribution in [1.29, 1.82) is 0 Å². The van der Waals surface area contributed by atoms with Gasteiger partial charge in [0.1, 0.15) is 17.5 Å². The van der Waals surface area contributed by atoms with E-state index >= 15 is 0 Å². The summed E-state index contributed by atoms with van der Waals surface area (Å²) < 4.78 is 5.95. The van der Waals surface area contributed by atoms with E-state index in [1.807, 2.05) is 26.0 Å². The van der Waals surface area contributed by atoms with Crippen molar-refractivity contribution in [2.75, 3.05) is 87.3 Å². The average molecular weight is 818 g/mol. The molecule has 13 heteroatoms. The molecular formula is C47H59N7O6. The molecule has 318 valence electrons. The summed E-state index contributed by atoms with van der Waals surface area (Å²) in [6, 6.07) is 18.7. The van der Waals surface area contributed by atoms with Crippen molar-refractivity contribution in [3.63, 3.8) is 0 Å². The molecule has 6 aliphatic rings. The fourth-order valence-corrected chi connectivity index (χ4v) is 10.8. The molecule has 0 aromatic heterocycles. The van der Waals surface area contributed by atoms with Gasteiger partial charge in [-0.3, -0.25) is 29.4 Å². The number of anilines is 3. The molecular weight excluding hydrogens is 759 g/mol. The summed E-state index contributed by atoms with van der Waals surface area (Å²) in [4.78, 5) is 64.1. The van der Waals surface area contributed by atoms with E-state index in [9.17, 15) is 24.3 Å². The van der Waals surface area contributed by atoms with Crippen LogP contribution >= 0.6 is 0 Å². The highest BCUT2D eigenvalue weighted by Crippen LogP contribution is 2.55. The Kier molecular flexibility index (Phi) is 11.0. The van der Waals surface area contributed by atoms with Gasteiger partial charge in [0.25, 0.3) is 5.91 Å². The van der Waals surface area contributed by atoms with Crippen LogP contribution in [0.5, 0.6) is 11.5 Å². The Hall–Kier alpha value is -5.14. The Bertz CT molecular complexity index is 2140. The van der Waals surface area contributed by atoms with E-state index in [1.54, 1.807) is 35.1 Å². The second-order valence-electron chi connectivity index (χ2n) is 18.4. The number of nitrogens with one attached hydrogen (secondary N) is 1. The lowest BCUT2D eigenvalue weighted by Crippen LogP contribution is -2.61. The number of nitrogens with zero attached hydrogens (tertiary/aromatic N) is 6. The van der Waals surface area contributed by atoms with Crippen LogP contribution in [0.2, 0.25) is 0 Å². The Morgan fingerprint density at radius 3 is 1.95 bits per heavy atom. The summed E-state index contributed by atoms with van der Waals surface area (Å²) in [6.07, 6.45) is 5.27. The molecule has 2 atom stereocenters. The number of β-lactam (4-membered cyclic amide) rings is 1. The third kappa shape index (κ3) is 7.59. The molecule has 13 nitrogen and oxygen atoms in total. The van der Waals surface area contributed by atoms with E-state index in [0.29, 0.717) is 36.1 Å². The molecule has 9 rings (SSSR count). The highest BCUT2D eigenvalue weighted by Gasteiger charge is 2.57. The number of carbonyl (C=O) groups excluding carboxylic acids is 4. The molecule has 3 aromatic rings. The van der Waals surface area contributed by atoms with E-state index in [4.69, 9.17) is 4.74 Å². The fourth-order valence-electron chi connectivity index (χ4n) is 10.8. The van der Waals surface area contributed by atoms with Crippen molar-refractivity contribution < 1.29 is 29.0 Å². The maximum atomic E-state index is 13.3. The number of piperazine rings is 1. The summed E-state index contributed by atoms with van der Waals surface area (Å²) >= 11 is 0. The van der Waals surface area contributed by atoms with Gasteiger partial charge >= 0.3 is 0 Å². The number of hydrogen-bond acceptors (Lipinski definition) is 10. The summed E-state index contributed by atoms with van der Waals surface area (Å²) in [5.41, 5.74) is 4.77. The van der Waals surface area contributed by atoms with Crippen LogP contribution in [-0.4, -0.2) is 122 Å². The normalized spacial score (nSPS) is 24.4. The molecule has 3 aromatic carbocycles. The van der Waals surface area contributed by atoms with Crippen LogP contribution in [0.1, 0.15) is 79.9 Å². The summed E-state index contributed by atoms with van der Waals surface area (Å²) in [6.45, 7) is 15.2. The zero-order valence-electron chi connectivity index (χ0n) is 35.3. The Morgan fingerprint density at radius 1 is 0.750 bits per heavy atom. The molecule has 60 heavy (non-hydrogen) atoms. The van der Waals surface area contributed by atoms with E-state index in [2.05, 4.69) is 55.2 Å². The molecule has 5 fully saturated rings. The molecule has 0 bridgehead atoms. The van der Waals surface area contributed by atoms with Gasteiger partial charge in [0, 0.05) is 107 Å². The van der Waals surface area contributed by atoms with Crippen molar-refractivity contribution >= 4 is 40.7 Å². The SMILES string of the molecule is COc1cc(N2CCC(CN3CCN(CC4CCN(c5ccc6c(c5)CN([C@H]5CCC(=O)NC5=O)C6=O)CC4)CC3)CC2)ccc1[C@@H]1N(c2ccccc2O)C(=O)C1(C)C. The van der Waals surface area contributed by atoms with Crippen molar-refractivity contribution in [2.45, 2.75) is 71.0 Å². The Morgan fingerprint density at radius 2 is 1.35 bits per heavy atom. The standard InChI is InChI=1S/C47H59N7O6/c1-47(2)43(54(46(47)59)38-6-4-5-7-40(38)55)37-11-9-35(27-41(37)60-3)52-20-16-32(17-21-52)29-50-24-22-49(23-25-50)28-31-14-18-51(19-15-31)34-8-10-36-33(26-34)30-53(45(36)58)39-12-13-42(56)48-44(39)57/h4-11,26-27,31-32,39,43,55H,12-25,28-30H2,1-3H3,(H,48,56,57)/t39-,43-/m0/s1. The van der Waals surface area contributed by atoms with Gasteiger partial charge in [-0.05, 0) is 99.7 Å². The van der Waals surface area contributed by atoms with E-state index < -0.39 is 11.5 Å². The molecule has 6 aliphatic heterocycles. The molecule has 2 N–H and O–H groups in total. The highest BCUT2D eigenvalue weighted by atomic mass is 16.5. The van der Waals surface area contributed by atoms with Gasteiger partial charge in [0.15, 0.2) is 0 Å². The van der Waals surface area contributed by atoms with Gasteiger partial charge in [-0.2, -0.15) is 0 Å². The maximum absolute atomic E-state index is 13.3. The smallest absolute Gasteiger partial charge is 0.255 e. The lowest BCUT2D eigenvalue weighted by molar-refractivity contribution is -0.138. The minimum atomic E-state index is -0.623. The summed E-state index contributed by atoms with van der Waals surface area (Å²) in [5, 5.41) is 13.0. The lowest BCUT2D eigenvalue weighted by atomic mass is 9.70. The first-order valence-electron chi connectivity index (χ1n) is 22.0. The number of rotatable bonds is 10. The monoisotopic (exact) mass is 817 g/mol. The first kappa shape index (κ1) is 40.3. The molecule has 0 unspecified atom stereocenters. The third-order valence-corrected chi connectivity index (χ3v) is 14.3. The number of phenolic OH excluding ortho intramolecular Hbond substituents is 1. The van der Waals surface area contributed by atoms with Crippen LogP contribution in [0.3, 0.4) is 0 Å². The molecule has 6 heterocycles. The second-order valence-corrected chi connectivity index (χ2v) is 18.4. The molecule has 0 spiro atoms. The van der Waals surface area contributed by atoms with Crippen LogP contribution in [-0.2, 0) is 20.9 Å². The zero-order chi connectivity index (χ0) is 41.7. The molecule has 4 amide bonds. The number of phenols is 1. The fraction of sp³-hybridized carbons (Fsp3) is 0.532. The van der Waals surface area contributed by atoms with Gasteiger partial charge in [-0.1, -0.05) is 18.2 Å². The predicted octanol–water partition coefficient (Wildman–Crippen LogP) is 5.03. The van der Waals surface area contributed by atoms with Crippen LogP contribution in [0.25, 0.3) is 0 Å². The van der Waals surface area contributed by atoms with Gasteiger partial charge in [-0.15, -0.1) is 0 Å². The maximum Gasteiger partial charge on any atom is 0.255 e. The van der Waals surface area contributed by atoms with Gasteiger partial charge in [0.2, 0.25) is 17.7 Å². The Balaban J connectivity index is 0.713. The number of aromatic hydroxyl groups is 1. The average Bonchev–Trinajstić information content (AvgIpc) is 3.58. The number of carbonyl (C=O) groups is 4. The van der Waals surface area contributed by atoms with Crippen LogP contribution in [0.15, 0.2) is 60.7 Å². The number of methoxy groups -OCH3 is 1. The third-order valence-electron chi connectivity index (χ3n) is 14.3. The quantitative estimate of drug-likeness (QED) is 0.213. The number of amides is 4. The number of imide groups is 1. The van der Waals surface area contributed by atoms with Crippen LogP contribution < -0.4 is 24.8 Å². The van der Waals surface area contributed by atoms with Crippen molar-refractivity contribution in [2.24, 2.45) is 17.3 Å². The molecule has 0 radical (unpaired) electrons. The van der Waals surface area contributed by atoms with Crippen molar-refractivity contribution in [3.05, 3.63) is 77.4 Å². The highest BCUT2D eigenvalue weighted by molar-refractivity contribution is 6.07. The van der Waals surface area contributed by atoms with Crippen molar-refractivity contribution in [1.82, 2.24) is 20.0 Å². The number of benzene rings is 3. The number of hydrogen-bond donors (Lipinski definition) is 2. The molecule has 5 saturated heterocycles. The lowest BCUT2D eigenvalue weighted by Gasteiger charge is -2.53. The Labute approximate surface area is 353 Å². The number of fused-ring (bicyclic) bond motifs is 1. The van der Waals surface area contributed by atoms with Gasteiger partial charge < -0.3 is 34.3 Å². The van der Waals surface area contributed by atoms with E-state index in [-0.39, 0.29) is 41.8 Å². The first-order valence-corrected chi connectivity index (χ1v) is 22.0.